The van der Waals surface area contributed by atoms with Gasteiger partial charge in [0.15, 0.2) is 0 Å². The number of aryl methyl sites for hydroxylation is 2. The molecule has 1 unspecified atom stereocenters. The van der Waals surface area contributed by atoms with Gasteiger partial charge >= 0.3 is 6.03 Å². The van der Waals surface area contributed by atoms with Crippen molar-refractivity contribution in [2.75, 3.05) is 38.2 Å². The summed E-state index contributed by atoms with van der Waals surface area (Å²) < 4.78 is 5.54. The van der Waals surface area contributed by atoms with Crippen molar-refractivity contribution < 1.29 is 14.3 Å². The smallest absolute Gasteiger partial charge is 0.325 e. The SMILES string of the molecule is Cc1ccc(NC(=O)NC(=O)C(C)NCC2(N3CCOCC3)CCCCC2)c(C)c1. The Morgan fingerprint density at radius 2 is 1.83 bits per heavy atom. The third-order valence-electron chi connectivity index (χ3n) is 6.46. The number of morpholine rings is 1. The van der Waals surface area contributed by atoms with Crippen molar-refractivity contribution in [3.63, 3.8) is 0 Å². The van der Waals surface area contributed by atoms with E-state index in [4.69, 9.17) is 4.74 Å². The molecule has 0 bridgehead atoms. The third-order valence-corrected chi connectivity index (χ3v) is 6.46. The van der Waals surface area contributed by atoms with E-state index in [9.17, 15) is 9.59 Å². The maximum atomic E-state index is 12.6. The largest absolute Gasteiger partial charge is 0.379 e. The topological polar surface area (TPSA) is 82.7 Å². The summed E-state index contributed by atoms with van der Waals surface area (Å²) in [6.07, 6.45) is 6.00. The fraction of sp³-hybridized carbons (Fsp3) is 0.652. The number of anilines is 1. The second-order valence-corrected chi connectivity index (χ2v) is 8.75. The Kier molecular flexibility index (Phi) is 7.86. The molecule has 30 heavy (non-hydrogen) atoms. The lowest BCUT2D eigenvalue weighted by Crippen LogP contribution is -2.61. The molecule has 1 aromatic rings. The van der Waals surface area contributed by atoms with Crippen LogP contribution in [0.4, 0.5) is 10.5 Å². The van der Waals surface area contributed by atoms with E-state index in [1.165, 1.54) is 19.3 Å². The van der Waals surface area contributed by atoms with Gasteiger partial charge < -0.3 is 15.4 Å². The van der Waals surface area contributed by atoms with Crippen molar-refractivity contribution in [2.24, 2.45) is 0 Å². The molecule has 0 radical (unpaired) electrons. The Morgan fingerprint density at radius 1 is 1.13 bits per heavy atom. The van der Waals surface area contributed by atoms with E-state index in [0.717, 1.165) is 56.8 Å². The lowest BCUT2D eigenvalue weighted by atomic mass is 9.79. The van der Waals surface area contributed by atoms with E-state index < -0.39 is 12.1 Å². The van der Waals surface area contributed by atoms with Crippen molar-refractivity contribution in [1.29, 1.82) is 0 Å². The highest BCUT2D eigenvalue weighted by molar-refractivity contribution is 6.03. The summed E-state index contributed by atoms with van der Waals surface area (Å²) in [6.45, 7) is 9.94. The summed E-state index contributed by atoms with van der Waals surface area (Å²) in [7, 11) is 0. The van der Waals surface area contributed by atoms with Crippen molar-refractivity contribution in [3.05, 3.63) is 29.3 Å². The number of hydrogen-bond acceptors (Lipinski definition) is 5. The fourth-order valence-electron chi connectivity index (χ4n) is 4.62. The minimum absolute atomic E-state index is 0.0812. The third kappa shape index (κ3) is 5.80. The van der Waals surface area contributed by atoms with Crippen LogP contribution in [0.1, 0.15) is 50.2 Å². The Labute approximate surface area is 179 Å². The average Bonchev–Trinajstić information content (AvgIpc) is 2.75. The first kappa shape index (κ1) is 22.7. The molecule has 7 nitrogen and oxygen atoms in total. The minimum Gasteiger partial charge on any atom is -0.379 e. The average molecular weight is 417 g/mol. The molecule has 1 saturated carbocycles. The van der Waals surface area contributed by atoms with Gasteiger partial charge in [0.05, 0.1) is 19.3 Å². The van der Waals surface area contributed by atoms with Gasteiger partial charge in [-0.1, -0.05) is 37.0 Å². The van der Waals surface area contributed by atoms with Gasteiger partial charge in [0.1, 0.15) is 0 Å². The summed E-state index contributed by atoms with van der Waals surface area (Å²) in [6, 6.07) is 4.84. The normalized spacial score (nSPS) is 20.4. The van der Waals surface area contributed by atoms with Gasteiger partial charge in [-0.15, -0.1) is 0 Å². The maximum Gasteiger partial charge on any atom is 0.325 e. The summed E-state index contributed by atoms with van der Waals surface area (Å²) in [5.41, 5.74) is 2.88. The standard InChI is InChI=1S/C23H36N4O3/c1-17-7-8-20(18(2)15-17)25-22(29)26-21(28)19(3)24-16-23(9-5-4-6-10-23)27-11-13-30-14-12-27/h7-8,15,19,24H,4-6,9-14,16H2,1-3H3,(H2,25,26,28,29). The Bertz CT molecular complexity index is 740. The highest BCUT2D eigenvalue weighted by Crippen LogP contribution is 2.34. The molecular formula is C23H36N4O3. The van der Waals surface area contributed by atoms with Gasteiger partial charge in [-0.2, -0.15) is 0 Å². The molecule has 3 N–H and O–H groups in total. The molecule has 1 atom stereocenters. The molecule has 0 spiro atoms. The van der Waals surface area contributed by atoms with Crippen molar-refractivity contribution in [2.45, 2.75) is 64.5 Å². The molecule has 166 valence electrons. The number of carbonyl (C=O) groups excluding carboxylic acids is 2. The Balaban J connectivity index is 1.52. The Hall–Kier alpha value is -1.96. The molecule has 0 aromatic heterocycles. The second-order valence-electron chi connectivity index (χ2n) is 8.75. The first-order valence-corrected chi connectivity index (χ1v) is 11.1. The van der Waals surface area contributed by atoms with Crippen LogP contribution in [0.3, 0.4) is 0 Å². The first-order valence-electron chi connectivity index (χ1n) is 11.1. The van der Waals surface area contributed by atoms with Crippen LogP contribution < -0.4 is 16.0 Å². The number of amides is 3. The number of carbonyl (C=O) groups is 2. The van der Waals surface area contributed by atoms with Crippen LogP contribution in [-0.2, 0) is 9.53 Å². The minimum atomic E-state index is -0.499. The number of imide groups is 1. The quantitative estimate of drug-likeness (QED) is 0.664. The predicted octanol–water partition coefficient (Wildman–Crippen LogP) is 2.96. The molecule has 2 fully saturated rings. The van der Waals surface area contributed by atoms with Gasteiger partial charge in [0.25, 0.3) is 0 Å². The number of urea groups is 1. The first-order chi connectivity index (χ1) is 14.4. The van der Waals surface area contributed by atoms with E-state index in [1.807, 2.05) is 39.0 Å². The molecule has 1 aromatic carbocycles. The van der Waals surface area contributed by atoms with E-state index >= 15 is 0 Å². The lowest BCUT2D eigenvalue weighted by molar-refractivity contribution is -0.121. The van der Waals surface area contributed by atoms with E-state index in [0.29, 0.717) is 5.69 Å². The molecular weight excluding hydrogens is 380 g/mol. The van der Waals surface area contributed by atoms with Crippen LogP contribution in [0.15, 0.2) is 18.2 Å². The molecule has 3 rings (SSSR count). The molecule has 1 heterocycles. The molecule has 1 aliphatic heterocycles. The number of ether oxygens (including phenoxy) is 1. The fourth-order valence-corrected chi connectivity index (χ4v) is 4.62. The number of rotatable bonds is 6. The zero-order valence-electron chi connectivity index (χ0n) is 18.6. The summed E-state index contributed by atoms with van der Waals surface area (Å²) in [5, 5.41) is 8.64. The lowest BCUT2D eigenvalue weighted by Gasteiger charge is -2.48. The van der Waals surface area contributed by atoms with Gasteiger partial charge in [0, 0.05) is 30.9 Å². The molecule has 2 aliphatic rings. The van der Waals surface area contributed by atoms with Crippen LogP contribution in [0.25, 0.3) is 0 Å². The van der Waals surface area contributed by atoms with Crippen molar-refractivity contribution in [1.82, 2.24) is 15.5 Å². The monoisotopic (exact) mass is 416 g/mol. The zero-order valence-corrected chi connectivity index (χ0v) is 18.6. The van der Waals surface area contributed by atoms with Crippen LogP contribution >= 0.6 is 0 Å². The summed E-state index contributed by atoms with van der Waals surface area (Å²) >= 11 is 0. The van der Waals surface area contributed by atoms with Crippen LogP contribution in [-0.4, -0.2) is 61.3 Å². The van der Waals surface area contributed by atoms with E-state index in [1.54, 1.807) is 0 Å². The maximum absolute atomic E-state index is 12.6. The molecule has 1 saturated heterocycles. The van der Waals surface area contributed by atoms with Crippen LogP contribution in [0.5, 0.6) is 0 Å². The highest BCUT2D eigenvalue weighted by atomic mass is 16.5. The van der Waals surface area contributed by atoms with Gasteiger partial charge in [-0.05, 0) is 45.2 Å². The number of hydrogen-bond donors (Lipinski definition) is 3. The van der Waals surface area contributed by atoms with Crippen LogP contribution in [0.2, 0.25) is 0 Å². The number of nitrogens with zero attached hydrogens (tertiary/aromatic N) is 1. The van der Waals surface area contributed by atoms with Crippen LogP contribution in [0, 0.1) is 13.8 Å². The molecule has 3 amide bonds. The number of nitrogens with one attached hydrogen (secondary N) is 3. The predicted molar refractivity (Wildman–Crippen MR) is 119 cm³/mol. The van der Waals surface area contributed by atoms with Gasteiger partial charge in [-0.3, -0.25) is 15.0 Å². The van der Waals surface area contributed by atoms with E-state index in [-0.39, 0.29) is 11.4 Å². The highest BCUT2D eigenvalue weighted by Gasteiger charge is 2.38. The summed E-state index contributed by atoms with van der Waals surface area (Å²) in [4.78, 5) is 27.4. The Morgan fingerprint density at radius 3 is 2.50 bits per heavy atom. The molecule has 7 heteroatoms. The summed E-state index contributed by atoms with van der Waals surface area (Å²) in [5.74, 6) is -0.315. The van der Waals surface area contributed by atoms with Gasteiger partial charge in [-0.25, -0.2) is 4.79 Å². The zero-order chi connectivity index (χ0) is 21.6. The number of benzene rings is 1. The van der Waals surface area contributed by atoms with Gasteiger partial charge in [0.2, 0.25) is 5.91 Å². The van der Waals surface area contributed by atoms with E-state index in [2.05, 4.69) is 20.9 Å². The van der Waals surface area contributed by atoms with Crippen molar-refractivity contribution >= 4 is 17.6 Å². The molecule has 1 aliphatic carbocycles. The second kappa shape index (κ2) is 10.4. The van der Waals surface area contributed by atoms with Crippen molar-refractivity contribution in [3.8, 4) is 0 Å².